The van der Waals surface area contributed by atoms with Crippen molar-refractivity contribution in [3.05, 3.63) is 0 Å². The summed E-state index contributed by atoms with van der Waals surface area (Å²) in [5.74, 6) is -0.320. The van der Waals surface area contributed by atoms with Crippen molar-refractivity contribution < 1.29 is 14.3 Å². The molecule has 4 heteroatoms. The van der Waals surface area contributed by atoms with Gasteiger partial charge in [0, 0.05) is 6.61 Å². The highest BCUT2D eigenvalue weighted by atomic mass is 16.5. The number of hydrogen-bond donors (Lipinski definition) is 1. The zero-order valence-electron chi connectivity index (χ0n) is 12.5. The van der Waals surface area contributed by atoms with Crippen LogP contribution in [0.15, 0.2) is 0 Å². The smallest absolute Gasteiger partial charge is 0.325 e. The maximum Gasteiger partial charge on any atom is 0.325 e. The molecule has 0 saturated heterocycles. The summed E-state index contributed by atoms with van der Waals surface area (Å²) in [6.45, 7) is 10.9. The van der Waals surface area contributed by atoms with Crippen molar-refractivity contribution >= 4 is 5.97 Å². The van der Waals surface area contributed by atoms with Gasteiger partial charge in [-0.2, -0.15) is 0 Å². The van der Waals surface area contributed by atoms with Crippen molar-refractivity contribution in [3.8, 4) is 0 Å². The second-order valence-corrected chi connectivity index (χ2v) is 5.56. The lowest BCUT2D eigenvalue weighted by molar-refractivity contribution is -0.149. The van der Waals surface area contributed by atoms with Crippen LogP contribution in [0.5, 0.6) is 0 Å². The van der Waals surface area contributed by atoms with Gasteiger partial charge in [-0.15, -0.1) is 0 Å². The fourth-order valence-electron chi connectivity index (χ4n) is 1.44. The molecule has 0 amide bonds. The lowest BCUT2D eigenvalue weighted by Crippen LogP contribution is -2.46. The minimum absolute atomic E-state index is 0.0623. The molecule has 0 aliphatic carbocycles. The van der Waals surface area contributed by atoms with E-state index in [1.54, 1.807) is 13.8 Å². The monoisotopic (exact) mass is 259 g/mol. The minimum atomic E-state index is -0.879. The zero-order chi connectivity index (χ0) is 14.2. The molecular weight excluding hydrogens is 230 g/mol. The first kappa shape index (κ1) is 17.4. The third kappa shape index (κ3) is 6.97. The Bertz CT molecular complexity index is 249. The Morgan fingerprint density at radius 3 is 2.28 bits per heavy atom. The van der Waals surface area contributed by atoms with Gasteiger partial charge in [-0.05, 0) is 53.4 Å². The number of hydrogen-bond acceptors (Lipinski definition) is 4. The SMILES string of the molecule is CCOC(=O)C(C)(N)CCCCOC(C)(C)CC. The first-order chi connectivity index (χ1) is 8.25. The van der Waals surface area contributed by atoms with Crippen LogP contribution in [0.4, 0.5) is 0 Å². The Labute approximate surface area is 111 Å². The fourth-order valence-corrected chi connectivity index (χ4v) is 1.44. The Morgan fingerprint density at radius 2 is 1.78 bits per heavy atom. The number of unbranched alkanes of at least 4 members (excludes halogenated alkanes) is 1. The van der Waals surface area contributed by atoms with Crippen molar-refractivity contribution in [3.63, 3.8) is 0 Å². The summed E-state index contributed by atoms with van der Waals surface area (Å²) in [5, 5.41) is 0. The van der Waals surface area contributed by atoms with E-state index in [4.69, 9.17) is 15.2 Å². The van der Waals surface area contributed by atoms with Crippen molar-refractivity contribution in [2.45, 2.75) is 71.4 Å². The number of carbonyl (C=O) groups excluding carboxylic acids is 1. The van der Waals surface area contributed by atoms with E-state index >= 15 is 0 Å². The minimum Gasteiger partial charge on any atom is -0.465 e. The quantitative estimate of drug-likeness (QED) is 0.511. The van der Waals surface area contributed by atoms with E-state index in [0.29, 0.717) is 19.6 Å². The number of carbonyl (C=O) groups is 1. The van der Waals surface area contributed by atoms with Crippen LogP contribution in [0, 0.1) is 0 Å². The first-order valence-corrected chi connectivity index (χ1v) is 6.85. The van der Waals surface area contributed by atoms with E-state index in [-0.39, 0.29) is 11.6 Å². The molecule has 0 aliphatic heterocycles. The van der Waals surface area contributed by atoms with Crippen LogP contribution >= 0.6 is 0 Å². The molecule has 0 heterocycles. The molecule has 4 nitrogen and oxygen atoms in total. The predicted octanol–water partition coefficient (Wildman–Crippen LogP) is 2.64. The van der Waals surface area contributed by atoms with Crippen LogP contribution in [0.1, 0.15) is 60.3 Å². The second kappa shape index (κ2) is 7.74. The van der Waals surface area contributed by atoms with E-state index in [0.717, 1.165) is 19.3 Å². The summed E-state index contributed by atoms with van der Waals surface area (Å²) in [7, 11) is 0. The van der Waals surface area contributed by atoms with E-state index in [9.17, 15) is 4.79 Å². The molecule has 1 atom stereocenters. The highest BCUT2D eigenvalue weighted by Gasteiger charge is 2.29. The van der Waals surface area contributed by atoms with Crippen molar-refractivity contribution in [1.29, 1.82) is 0 Å². The summed E-state index contributed by atoms with van der Waals surface area (Å²) in [6, 6.07) is 0. The molecule has 0 bridgehead atoms. The molecule has 0 fully saturated rings. The van der Waals surface area contributed by atoms with E-state index in [2.05, 4.69) is 20.8 Å². The number of rotatable bonds is 9. The number of esters is 1. The largest absolute Gasteiger partial charge is 0.465 e. The molecule has 0 radical (unpaired) electrons. The fraction of sp³-hybridized carbons (Fsp3) is 0.929. The second-order valence-electron chi connectivity index (χ2n) is 5.56. The average Bonchev–Trinajstić information content (AvgIpc) is 2.28. The summed E-state index contributed by atoms with van der Waals surface area (Å²) < 4.78 is 10.7. The molecule has 2 N–H and O–H groups in total. The van der Waals surface area contributed by atoms with Gasteiger partial charge in [-0.25, -0.2) is 0 Å². The van der Waals surface area contributed by atoms with Gasteiger partial charge in [0.1, 0.15) is 5.54 Å². The van der Waals surface area contributed by atoms with Gasteiger partial charge >= 0.3 is 5.97 Å². The van der Waals surface area contributed by atoms with Gasteiger partial charge in [0.2, 0.25) is 0 Å². The summed E-state index contributed by atoms with van der Waals surface area (Å²) in [6.07, 6.45) is 3.40. The lowest BCUT2D eigenvalue weighted by Gasteiger charge is -2.24. The number of ether oxygens (including phenoxy) is 2. The molecule has 18 heavy (non-hydrogen) atoms. The summed E-state index contributed by atoms with van der Waals surface area (Å²) in [5.41, 5.74) is 4.98. The highest BCUT2D eigenvalue weighted by molar-refractivity contribution is 5.79. The predicted molar refractivity (Wildman–Crippen MR) is 73.4 cm³/mol. The maximum atomic E-state index is 11.6. The van der Waals surface area contributed by atoms with Gasteiger partial charge < -0.3 is 15.2 Å². The third-order valence-electron chi connectivity index (χ3n) is 3.18. The molecular formula is C14H29NO3. The van der Waals surface area contributed by atoms with Gasteiger partial charge in [0.05, 0.1) is 12.2 Å². The third-order valence-corrected chi connectivity index (χ3v) is 3.18. The van der Waals surface area contributed by atoms with Gasteiger partial charge in [0.15, 0.2) is 0 Å². The molecule has 108 valence electrons. The molecule has 0 spiro atoms. The molecule has 0 aromatic carbocycles. The average molecular weight is 259 g/mol. The summed E-state index contributed by atoms with van der Waals surface area (Å²) >= 11 is 0. The maximum absolute atomic E-state index is 11.6. The Hall–Kier alpha value is -0.610. The van der Waals surface area contributed by atoms with Crippen LogP contribution in [-0.2, 0) is 14.3 Å². The van der Waals surface area contributed by atoms with Crippen molar-refractivity contribution in [2.24, 2.45) is 5.73 Å². The van der Waals surface area contributed by atoms with Crippen LogP contribution in [0.3, 0.4) is 0 Å². The zero-order valence-corrected chi connectivity index (χ0v) is 12.5. The van der Waals surface area contributed by atoms with Gasteiger partial charge in [0.25, 0.3) is 0 Å². The van der Waals surface area contributed by atoms with E-state index < -0.39 is 5.54 Å². The molecule has 0 aliphatic rings. The highest BCUT2D eigenvalue weighted by Crippen LogP contribution is 2.16. The molecule has 0 saturated carbocycles. The van der Waals surface area contributed by atoms with E-state index in [1.165, 1.54) is 0 Å². The standard InChI is InChI=1S/C14H29NO3/c1-6-13(3,4)18-11-9-8-10-14(5,15)12(16)17-7-2/h6-11,15H2,1-5H3. The number of nitrogens with two attached hydrogens (primary N) is 1. The Morgan fingerprint density at radius 1 is 1.17 bits per heavy atom. The lowest BCUT2D eigenvalue weighted by atomic mass is 9.96. The normalized spacial score (nSPS) is 15.2. The first-order valence-electron chi connectivity index (χ1n) is 6.85. The van der Waals surface area contributed by atoms with Crippen LogP contribution in [-0.4, -0.2) is 30.3 Å². The van der Waals surface area contributed by atoms with Gasteiger partial charge in [-0.3, -0.25) is 4.79 Å². The molecule has 1 unspecified atom stereocenters. The molecule has 0 aromatic heterocycles. The van der Waals surface area contributed by atoms with Crippen LogP contribution in [0.2, 0.25) is 0 Å². The molecule has 0 aromatic rings. The Balaban J connectivity index is 3.81. The van der Waals surface area contributed by atoms with E-state index in [1.807, 2.05) is 0 Å². The van der Waals surface area contributed by atoms with Crippen LogP contribution < -0.4 is 5.73 Å². The molecule has 0 rings (SSSR count). The van der Waals surface area contributed by atoms with Crippen LogP contribution in [0.25, 0.3) is 0 Å². The van der Waals surface area contributed by atoms with Crippen molar-refractivity contribution in [2.75, 3.05) is 13.2 Å². The van der Waals surface area contributed by atoms with Gasteiger partial charge in [-0.1, -0.05) is 6.92 Å². The summed E-state index contributed by atoms with van der Waals surface area (Å²) in [4.78, 5) is 11.6. The topological polar surface area (TPSA) is 61.5 Å². The van der Waals surface area contributed by atoms with Crippen molar-refractivity contribution in [1.82, 2.24) is 0 Å². The Kier molecular flexibility index (Phi) is 7.48.